The van der Waals surface area contributed by atoms with Gasteiger partial charge in [0.1, 0.15) is 7.11 Å². The van der Waals surface area contributed by atoms with Crippen LogP contribution in [0.3, 0.4) is 0 Å². The van der Waals surface area contributed by atoms with Crippen molar-refractivity contribution in [2.75, 3.05) is 7.11 Å². The van der Waals surface area contributed by atoms with E-state index in [1.807, 2.05) is 12.1 Å². The van der Waals surface area contributed by atoms with Crippen molar-refractivity contribution in [3.8, 4) is 0 Å². The second kappa shape index (κ2) is 4.14. The summed E-state index contributed by atoms with van der Waals surface area (Å²) in [6, 6.07) is 7.11. The van der Waals surface area contributed by atoms with Crippen LogP contribution in [-0.4, -0.2) is 13.3 Å². The van der Waals surface area contributed by atoms with Gasteiger partial charge in [-0.3, -0.25) is 0 Å². The molecule has 1 aromatic rings. The Labute approximate surface area is 71.1 Å². The van der Waals surface area contributed by atoms with Gasteiger partial charge in [0.2, 0.25) is 0 Å². The van der Waals surface area contributed by atoms with Gasteiger partial charge in [0.25, 0.3) is 0 Å². The third kappa shape index (κ3) is 2.10. The molecule has 0 atom stereocenters. The van der Waals surface area contributed by atoms with Crippen LogP contribution in [0.1, 0.15) is 5.56 Å². The SMILES string of the molecule is [C-]#[N+]c1ccc(/C=N/OC)cc1. The molecule has 60 valence electrons. The van der Waals surface area contributed by atoms with Crippen molar-refractivity contribution in [1.82, 2.24) is 0 Å². The fourth-order valence-electron chi connectivity index (χ4n) is 0.748. The average Bonchev–Trinajstić information content (AvgIpc) is 2.15. The molecule has 0 amide bonds. The van der Waals surface area contributed by atoms with Crippen LogP contribution in [0.2, 0.25) is 0 Å². The Morgan fingerprint density at radius 2 is 2.08 bits per heavy atom. The van der Waals surface area contributed by atoms with Gasteiger partial charge >= 0.3 is 0 Å². The summed E-state index contributed by atoms with van der Waals surface area (Å²) < 4.78 is 0. The van der Waals surface area contributed by atoms with Gasteiger partial charge in [0.05, 0.1) is 12.8 Å². The Hall–Kier alpha value is -1.82. The van der Waals surface area contributed by atoms with Gasteiger partial charge in [-0.05, 0) is 5.56 Å². The third-order valence-electron chi connectivity index (χ3n) is 1.33. The number of hydrogen-bond acceptors (Lipinski definition) is 2. The summed E-state index contributed by atoms with van der Waals surface area (Å²) in [4.78, 5) is 7.78. The van der Waals surface area contributed by atoms with E-state index in [4.69, 9.17) is 6.57 Å². The molecule has 0 radical (unpaired) electrons. The number of benzene rings is 1. The predicted octanol–water partition coefficient (Wildman–Crippen LogP) is 2.22. The fraction of sp³-hybridized carbons (Fsp3) is 0.111. The van der Waals surface area contributed by atoms with Crippen LogP contribution in [0.5, 0.6) is 0 Å². The molecule has 0 bridgehead atoms. The summed E-state index contributed by atoms with van der Waals surface area (Å²) in [5, 5.41) is 3.60. The molecule has 0 aliphatic rings. The van der Waals surface area contributed by atoms with E-state index in [0.29, 0.717) is 5.69 Å². The highest BCUT2D eigenvalue weighted by molar-refractivity contribution is 5.79. The van der Waals surface area contributed by atoms with E-state index >= 15 is 0 Å². The van der Waals surface area contributed by atoms with E-state index in [0.717, 1.165) is 5.56 Å². The predicted molar refractivity (Wildman–Crippen MR) is 47.3 cm³/mol. The minimum absolute atomic E-state index is 0.629. The first-order valence-corrected chi connectivity index (χ1v) is 3.41. The van der Waals surface area contributed by atoms with Gasteiger partial charge in [-0.25, -0.2) is 4.85 Å². The maximum Gasteiger partial charge on any atom is 0.187 e. The first kappa shape index (κ1) is 8.28. The van der Waals surface area contributed by atoms with Crippen LogP contribution in [0.15, 0.2) is 29.4 Å². The molecule has 0 fully saturated rings. The Morgan fingerprint density at radius 1 is 1.42 bits per heavy atom. The lowest BCUT2D eigenvalue weighted by molar-refractivity contribution is 0.215. The van der Waals surface area contributed by atoms with Gasteiger partial charge in [-0.1, -0.05) is 29.4 Å². The Bertz CT molecular complexity index is 308. The second-order valence-electron chi connectivity index (χ2n) is 2.12. The monoisotopic (exact) mass is 160 g/mol. The molecular weight excluding hydrogens is 152 g/mol. The van der Waals surface area contributed by atoms with E-state index in [1.54, 1.807) is 18.3 Å². The Kier molecular flexibility index (Phi) is 2.86. The van der Waals surface area contributed by atoms with Crippen LogP contribution in [0.25, 0.3) is 4.85 Å². The first-order valence-electron chi connectivity index (χ1n) is 3.41. The van der Waals surface area contributed by atoms with Crippen molar-refractivity contribution < 1.29 is 4.84 Å². The lowest BCUT2D eigenvalue weighted by Crippen LogP contribution is -1.79. The molecule has 0 aliphatic carbocycles. The molecule has 12 heavy (non-hydrogen) atoms. The van der Waals surface area contributed by atoms with E-state index in [1.165, 1.54) is 7.11 Å². The van der Waals surface area contributed by atoms with Crippen molar-refractivity contribution in [2.45, 2.75) is 0 Å². The summed E-state index contributed by atoms with van der Waals surface area (Å²) in [5.74, 6) is 0. The highest BCUT2D eigenvalue weighted by Gasteiger charge is 1.89. The van der Waals surface area contributed by atoms with Crippen molar-refractivity contribution in [3.05, 3.63) is 41.2 Å². The zero-order valence-electron chi connectivity index (χ0n) is 6.69. The molecule has 0 aliphatic heterocycles. The fourth-order valence-corrected chi connectivity index (χ4v) is 0.748. The molecule has 0 N–H and O–H groups in total. The quantitative estimate of drug-likeness (QED) is 0.370. The van der Waals surface area contributed by atoms with Crippen molar-refractivity contribution in [2.24, 2.45) is 5.16 Å². The lowest BCUT2D eigenvalue weighted by atomic mass is 10.2. The highest BCUT2D eigenvalue weighted by atomic mass is 16.6. The molecule has 0 saturated carbocycles. The highest BCUT2D eigenvalue weighted by Crippen LogP contribution is 2.10. The molecule has 0 aromatic heterocycles. The van der Waals surface area contributed by atoms with Gasteiger partial charge in [0.15, 0.2) is 5.69 Å². The number of nitrogens with zero attached hydrogens (tertiary/aromatic N) is 2. The zero-order chi connectivity index (χ0) is 8.81. The van der Waals surface area contributed by atoms with E-state index in [9.17, 15) is 0 Å². The van der Waals surface area contributed by atoms with E-state index < -0.39 is 0 Å². The smallest absolute Gasteiger partial charge is 0.187 e. The Balaban J connectivity index is 2.80. The number of rotatable bonds is 2. The van der Waals surface area contributed by atoms with Gasteiger partial charge < -0.3 is 4.84 Å². The average molecular weight is 160 g/mol. The summed E-state index contributed by atoms with van der Waals surface area (Å²) in [7, 11) is 1.49. The normalized spacial score (nSPS) is 9.67. The molecule has 0 heterocycles. The van der Waals surface area contributed by atoms with Crippen LogP contribution < -0.4 is 0 Å². The van der Waals surface area contributed by atoms with E-state index in [2.05, 4.69) is 14.8 Å². The van der Waals surface area contributed by atoms with Crippen LogP contribution in [-0.2, 0) is 4.84 Å². The largest absolute Gasteiger partial charge is 0.399 e. The maximum absolute atomic E-state index is 6.72. The molecule has 0 spiro atoms. The van der Waals surface area contributed by atoms with Crippen LogP contribution >= 0.6 is 0 Å². The Morgan fingerprint density at radius 3 is 2.58 bits per heavy atom. The van der Waals surface area contributed by atoms with Gasteiger partial charge in [-0.2, -0.15) is 0 Å². The van der Waals surface area contributed by atoms with Crippen LogP contribution in [0, 0.1) is 6.57 Å². The summed E-state index contributed by atoms with van der Waals surface area (Å²) in [6.07, 6.45) is 1.59. The summed E-state index contributed by atoms with van der Waals surface area (Å²) in [6.45, 7) is 6.72. The molecule has 1 aromatic carbocycles. The number of oxime groups is 1. The first-order chi connectivity index (χ1) is 5.86. The van der Waals surface area contributed by atoms with Crippen molar-refractivity contribution >= 4 is 11.9 Å². The molecule has 1 rings (SSSR count). The topological polar surface area (TPSA) is 25.9 Å². The minimum Gasteiger partial charge on any atom is -0.399 e. The molecular formula is C9H8N2O. The standard InChI is InChI=1S/C9H8N2O/c1-10-9-5-3-8(4-6-9)7-11-12-2/h3-7H,2H3/b11-7+. The second-order valence-corrected chi connectivity index (χ2v) is 2.12. The van der Waals surface area contributed by atoms with Crippen molar-refractivity contribution in [1.29, 1.82) is 0 Å². The molecule has 3 nitrogen and oxygen atoms in total. The number of hydrogen-bond donors (Lipinski definition) is 0. The zero-order valence-corrected chi connectivity index (χ0v) is 6.69. The van der Waals surface area contributed by atoms with Gasteiger partial charge in [-0.15, -0.1) is 0 Å². The lowest BCUT2D eigenvalue weighted by Gasteiger charge is -1.91. The summed E-state index contributed by atoms with van der Waals surface area (Å²) in [5.41, 5.74) is 1.55. The molecule has 0 saturated heterocycles. The van der Waals surface area contributed by atoms with Crippen molar-refractivity contribution in [3.63, 3.8) is 0 Å². The third-order valence-corrected chi connectivity index (χ3v) is 1.33. The van der Waals surface area contributed by atoms with Crippen LogP contribution in [0.4, 0.5) is 5.69 Å². The molecule has 3 heteroatoms. The van der Waals surface area contributed by atoms with E-state index in [-0.39, 0.29) is 0 Å². The maximum atomic E-state index is 6.72. The van der Waals surface area contributed by atoms with Gasteiger partial charge in [0, 0.05) is 0 Å². The minimum atomic E-state index is 0.629. The summed E-state index contributed by atoms with van der Waals surface area (Å²) >= 11 is 0. The molecule has 0 unspecified atom stereocenters.